The predicted molar refractivity (Wildman–Crippen MR) is 77.9 cm³/mol. The molecule has 1 atom stereocenters. The minimum atomic E-state index is -0.472. The van der Waals surface area contributed by atoms with Crippen LogP contribution in [0.15, 0.2) is 6.07 Å². The Hall–Kier alpha value is -0.950. The van der Waals surface area contributed by atoms with Crippen LogP contribution in [0, 0.1) is 13.8 Å². The van der Waals surface area contributed by atoms with Crippen molar-refractivity contribution in [3.8, 4) is 0 Å². The Morgan fingerprint density at radius 2 is 2.20 bits per heavy atom. The van der Waals surface area contributed by atoms with Crippen LogP contribution in [0.25, 0.3) is 0 Å². The second-order valence-corrected chi connectivity index (χ2v) is 4.93. The molecule has 2 N–H and O–H groups in total. The number of aliphatic hydroxyl groups excluding tert-OH is 1. The molecule has 1 unspecified atom stereocenters. The maximum absolute atomic E-state index is 9.67. The second kappa shape index (κ2) is 9.88. The third-order valence-electron chi connectivity index (χ3n) is 2.95. The molecule has 1 rings (SSSR count). The summed E-state index contributed by atoms with van der Waals surface area (Å²) in [5.74, 6) is 0. The molecule has 1 aromatic rings. The van der Waals surface area contributed by atoms with Gasteiger partial charge in [0.15, 0.2) is 0 Å². The predicted octanol–water partition coefficient (Wildman–Crippen LogP) is 0.504. The Morgan fingerprint density at radius 3 is 2.85 bits per heavy atom. The van der Waals surface area contributed by atoms with Gasteiger partial charge in [0.2, 0.25) is 0 Å². The van der Waals surface area contributed by atoms with Crippen LogP contribution in [0.4, 0.5) is 0 Å². The summed E-state index contributed by atoms with van der Waals surface area (Å²) in [5, 5.41) is 17.3. The van der Waals surface area contributed by atoms with E-state index in [1.54, 1.807) is 7.11 Å². The highest BCUT2D eigenvalue weighted by molar-refractivity contribution is 5.06. The molecule has 0 aliphatic carbocycles. The number of ether oxygens (including phenoxy) is 2. The molecule has 1 heterocycles. The normalized spacial score (nSPS) is 12.8. The van der Waals surface area contributed by atoms with Gasteiger partial charge in [-0.1, -0.05) is 0 Å². The van der Waals surface area contributed by atoms with Crippen molar-refractivity contribution >= 4 is 0 Å². The van der Waals surface area contributed by atoms with E-state index < -0.39 is 6.10 Å². The zero-order valence-corrected chi connectivity index (χ0v) is 12.8. The number of hydrogen-bond acceptors (Lipinski definition) is 5. The average molecular weight is 285 g/mol. The Kier molecular flexibility index (Phi) is 8.45. The lowest BCUT2D eigenvalue weighted by atomic mass is 10.3. The maximum Gasteiger partial charge on any atom is 0.0897 e. The summed E-state index contributed by atoms with van der Waals surface area (Å²) in [7, 11) is 1.63. The highest BCUT2D eigenvalue weighted by Gasteiger charge is 2.04. The monoisotopic (exact) mass is 285 g/mol. The number of aryl methyl sites for hydroxylation is 3. The van der Waals surface area contributed by atoms with Crippen molar-refractivity contribution in [2.45, 2.75) is 32.9 Å². The number of hydrogen-bond donors (Lipinski definition) is 2. The lowest BCUT2D eigenvalue weighted by molar-refractivity contribution is 0.0138. The Bertz CT molecular complexity index is 369. The fraction of sp³-hybridized carbons (Fsp3) is 0.786. The first-order chi connectivity index (χ1) is 9.63. The van der Waals surface area contributed by atoms with Crippen molar-refractivity contribution in [3.05, 3.63) is 17.5 Å². The molecule has 0 amide bonds. The van der Waals surface area contributed by atoms with Crippen LogP contribution >= 0.6 is 0 Å². The fourth-order valence-electron chi connectivity index (χ4n) is 1.94. The van der Waals surface area contributed by atoms with Crippen LogP contribution < -0.4 is 5.32 Å². The minimum Gasteiger partial charge on any atom is -0.389 e. The summed E-state index contributed by atoms with van der Waals surface area (Å²) in [5.41, 5.74) is 2.24. The lowest BCUT2D eigenvalue weighted by Gasteiger charge is -2.12. The number of nitrogens with one attached hydrogen (secondary N) is 1. The first-order valence-electron chi connectivity index (χ1n) is 7.10. The number of nitrogens with zero attached hydrogens (tertiary/aromatic N) is 2. The van der Waals surface area contributed by atoms with Gasteiger partial charge in [0.05, 0.1) is 31.6 Å². The van der Waals surface area contributed by atoms with Crippen LogP contribution in [0.5, 0.6) is 0 Å². The number of aliphatic hydroxyl groups is 1. The van der Waals surface area contributed by atoms with Crippen molar-refractivity contribution in [2.75, 3.05) is 40.0 Å². The van der Waals surface area contributed by atoms with Gasteiger partial charge in [-0.2, -0.15) is 5.10 Å². The molecule has 0 saturated heterocycles. The standard InChI is InChI=1S/C14H27N3O3/c1-12-9-13(2)17(16-12)6-4-5-15-10-14(18)11-20-8-7-19-3/h9,14-15,18H,4-8,10-11H2,1-3H3. The molecule has 20 heavy (non-hydrogen) atoms. The van der Waals surface area contributed by atoms with E-state index in [9.17, 15) is 5.11 Å². The summed E-state index contributed by atoms with van der Waals surface area (Å²) in [6.45, 7) is 7.78. The summed E-state index contributed by atoms with van der Waals surface area (Å²) in [4.78, 5) is 0. The van der Waals surface area contributed by atoms with E-state index in [2.05, 4.69) is 23.4 Å². The van der Waals surface area contributed by atoms with Gasteiger partial charge in [0.1, 0.15) is 0 Å². The Balaban J connectivity index is 2.00. The van der Waals surface area contributed by atoms with Gasteiger partial charge in [-0.3, -0.25) is 4.68 Å². The smallest absolute Gasteiger partial charge is 0.0897 e. The third-order valence-corrected chi connectivity index (χ3v) is 2.95. The van der Waals surface area contributed by atoms with E-state index in [-0.39, 0.29) is 0 Å². The van der Waals surface area contributed by atoms with E-state index in [1.165, 1.54) is 5.69 Å². The Morgan fingerprint density at radius 1 is 1.40 bits per heavy atom. The molecule has 0 bridgehead atoms. The number of methoxy groups -OCH3 is 1. The SMILES string of the molecule is COCCOCC(O)CNCCCn1nc(C)cc1C. The van der Waals surface area contributed by atoms with Crippen LogP contribution in [-0.2, 0) is 16.0 Å². The van der Waals surface area contributed by atoms with Gasteiger partial charge in [0.25, 0.3) is 0 Å². The molecular weight excluding hydrogens is 258 g/mol. The number of rotatable bonds is 11. The van der Waals surface area contributed by atoms with Crippen LogP contribution in [0.2, 0.25) is 0 Å². The molecule has 0 spiro atoms. The number of aromatic nitrogens is 2. The van der Waals surface area contributed by atoms with Gasteiger partial charge in [-0.05, 0) is 32.9 Å². The zero-order chi connectivity index (χ0) is 14.8. The molecule has 0 aromatic carbocycles. The van der Waals surface area contributed by atoms with E-state index in [0.717, 1.165) is 25.2 Å². The molecular formula is C14H27N3O3. The van der Waals surface area contributed by atoms with E-state index >= 15 is 0 Å². The van der Waals surface area contributed by atoms with Gasteiger partial charge >= 0.3 is 0 Å². The van der Waals surface area contributed by atoms with E-state index in [0.29, 0.717) is 26.4 Å². The van der Waals surface area contributed by atoms with Crippen molar-refractivity contribution in [1.82, 2.24) is 15.1 Å². The average Bonchev–Trinajstić information content (AvgIpc) is 2.73. The zero-order valence-electron chi connectivity index (χ0n) is 12.8. The Labute approximate surface area is 121 Å². The summed E-state index contributed by atoms with van der Waals surface area (Å²) >= 11 is 0. The van der Waals surface area contributed by atoms with Crippen LogP contribution in [0.3, 0.4) is 0 Å². The quantitative estimate of drug-likeness (QED) is 0.580. The highest BCUT2D eigenvalue weighted by atomic mass is 16.5. The highest BCUT2D eigenvalue weighted by Crippen LogP contribution is 2.02. The molecule has 0 aliphatic rings. The van der Waals surface area contributed by atoms with Gasteiger partial charge in [-0.25, -0.2) is 0 Å². The molecule has 0 radical (unpaired) electrons. The summed E-state index contributed by atoms with van der Waals surface area (Å²) < 4.78 is 12.1. The molecule has 6 heteroatoms. The van der Waals surface area contributed by atoms with Gasteiger partial charge in [0, 0.05) is 25.9 Å². The second-order valence-electron chi connectivity index (χ2n) is 4.93. The molecule has 116 valence electrons. The largest absolute Gasteiger partial charge is 0.389 e. The fourth-order valence-corrected chi connectivity index (χ4v) is 1.94. The first kappa shape index (κ1) is 17.1. The van der Waals surface area contributed by atoms with Gasteiger partial charge < -0.3 is 19.9 Å². The molecule has 0 fully saturated rings. The third kappa shape index (κ3) is 7.00. The maximum atomic E-state index is 9.67. The van der Waals surface area contributed by atoms with E-state index in [1.807, 2.05) is 11.6 Å². The minimum absolute atomic E-state index is 0.341. The first-order valence-corrected chi connectivity index (χ1v) is 7.10. The van der Waals surface area contributed by atoms with Crippen molar-refractivity contribution in [1.29, 1.82) is 0 Å². The van der Waals surface area contributed by atoms with Gasteiger partial charge in [-0.15, -0.1) is 0 Å². The van der Waals surface area contributed by atoms with Crippen molar-refractivity contribution < 1.29 is 14.6 Å². The summed E-state index contributed by atoms with van der Waals surface area (Å²) in [6.07, 6.45) is 0.514. The van der Waals surface area contributed by atoms with E-state index in [4.69, 9.17) is 9.47 Å². The lowest BCUT2D eigenvalue weighted by Crippen LogP contribution is -2.31. The topological polar surface area (TPSA) is 68.5 Å². The molecule has 6 nitrogen and oxygen atoms in total. The van der Waals surface area contributed by atoms with Crippen molar-refractivity contribution in [2.24, 2.45) is 0 Å². The molecule has 1 aromatic heterocycles. The van der Waals surface area contributed by atoms with Crippen LogP contribution in [-0.4, -0.2) is 61.0 Å². The van der Waals surface area contributed by atoms with Crippen LogP contribution in [0.1, 0.15) is 17.8 Å². The summed E-state index contributed by atoms with van der Waals surface area (Å²) in [6, 6.07) is 2.08. The molecule has 0 saturated carbocycles. The molecule has 0 aliphatic heterocycles. The van der Waals surface area contributed by atoms with Crippen molar-refractivity contribution in [3.63, 3.8) is 0 Å².